The van der Waals surface area contributed by atoms with Gasteiger partial charge in [0.15, 0.2) is 0 Å². The molecule has 0 aliphatic heterocycles. The Hall–Kier alpha value is -0.860. The molecule has 0 bridgehead atoms. The van der Waals surface area contributed by atoms with Crippen LogP contribution in [0.5, 0.6) is 0 Å². The number of hydrogen-bond acceptors (Lipinski definition) is 2. The topological polar surface area (TPSA) is 32.3 Å². The molecule has 2 nitrogen and oxygen atoms in total. The first-order valence-electron chi connectivity index (χ1n) is 6.23. The predicted molar refractivity (Wildman–Crippen MR) is 66.6 cm³/mol. The van der Waals surface area contributed by atoms with Crippen LogP contribution in [0, 0.1) is 0 Å². The molecule has 16 heavy (non-hydrogen) atoms. The van der Waals surface area contributed by atoms with E-state index in [2.05, 4.69) is 30.4 Å². The molecular weight excluding hydrogens is 198 g/mol. The molecule has 0 aromatic heterocycles. The zero-order chi connectivity index (χ0) is 11.5. The lowest BCUT2D eigenvalue weighted by Crippen LogP contribution is -2.31. The normalized spacial score (nSPS) is 18.2. The molecule has 0 heterocycles. The summed E-state index contributed by atoms with van der Waals surface area (Å²) in [6, 6.07) is 6.60. The predicted octanol–water partition coefficient (Wildman–Crippen LogP) is 2.21. The van der Waals surface area contributed by atoms with Crippen LogP contribution in [0.4, 0.5) is 0 Å². The van der Waals surface area contributed by atoms with E-state index in [9.17, 15) is 5.11 Å². The average Bonchev–Trinajstić information content (AvgIpc) is 2.77. The fraction of sp³-hybridized carbons (Fsp3) is 0.571. The quantitative estimate of drug-likeness (QED) is 0.813. The summed E-state index contributed by atoms with van der Waals surface area (Å²) in [5.41, 5.74) is 3.96. The maximum absolute atomic E-state index is 10.2. The number of hydrogen-bond donors (Lipinski definition) is 2. The van der Waals surface area contributed by atoms with Gasteiger partial charge in [0.25, 0.3) is 0 Å². The molecule has 0 saturated heterocycles. The molecule has 0 radical (unpaired) electrons. The number of rotatable bonds is 4. The van der Waals surface area contributed by atoms with Crippen LogP contribution in [0.15, 0.2) is 18.2 Å². The van der Waals surface area contributed by atoms with Crippen molar-refractivity contribution in [3.8, 4) is 0 Å². The molecule has 1 aliphatic carbocycles. The van der Waals surface area contributed by atoms with Crippen molar-refractivity contribution in [2.45, 2.75) is 44.8 Å². The van der Waals surface area contributed by atoms with Crippen molar-refractivity contribution < 1.29 is 5.11 Å². The largest absolute Gasteiger partial charge is 0.387 e. The molecule has 88 valence electrons. The first-order valence-corrected chi connectivity index (χ1v) is 6.23. The molecular formula is C14H21NO. The molecule has 2 N–H and O–H groups in total. The minimum Gasteiger partial charge on any atom is -0.387 e. The highest BCUT2D eigenvalue weighted by molar-refractivity contribution is 5.36. The Labute approximate surface area is 97.7 Å². The number of benzene rings is 1. The summed E-state index contributed by atoms with van der Waals surface area (Å²) in [6.07, 6.45) is 4.19. The second kappa shape index (κ2) is 4.98. The van der Waals surface area contributed by atoms with Crippen LogP contribution in [0.3, 0.4) is 0 Å². The molecule has 1 aliphatic rings. The summed E-state index contributed by atoms with van der Waals surface area (Å²) in [4.78, 5) is 0. The van der Waals surface area contributed by atoms with E-state index in [1.165, 1.54) is 30.4 Å². The van der Waals surface area contributed by atoms with Crippen LogP contribution in [0.25, 0.3) is 0 Å². The third-order valence-corrected chi connectivity index (χ3v) is 3.66. The molecule has 2 unspecified atom stereocenters. The van der Waals surface area contributed by atoms with Crippen LogP contribution >= 0.6 is 0 Å². The van der Waals surface area contributed by atoms with Crippen LogP contribution in [0.1, 0.15) is 42.6 Å². The van der Waals surface area contributed by atoms with Gasteiger partial charge in [0.1, 0.15) is 0 Å². The Morgan fingerprint density at radius 2 is 2.06 bits per heavy atom. The van der Waals surface area contributed by atoms with Crippen LogP contribution in [-0.4, -0.2) is 18.2 Å². The molecule has 2 atom stereocenters. The number of likely N-dealkylation sites (N-methyl/N-ethyl adjacent to an activating group) is 1. The maximum atomic E-state index is 10.2. The standard InChI is InChI=1S/C14H21NO/c1-3-13(15-2)14(16)12-8-7-10-5-4-6-11(10)9-12/h7-9,13-16H,3-6H2,1-2H3. The lowest BCUT2D eigenvalue weighted by atomic mass is 9.97. The van der Waals surface area contributed by atoms with E-state index < -0.39 is 0 Å². The van der Waals surface area contributed by atoms with Crippen LogP contribution < -0.4 is 5.32 Å². The molecule has 0 fully saturated rings. The van der Waals surface area contributed by atoms with Gasteiger partial charge in [-0.15, -0.1) is 0 Å². The van der Waals surface area contributed by atoms with Crippen molar-refractivity contribution in [1.29, 1.82) is 0 Å². The van der Waals surface area contributed by atoms with Crippen molar-refractivity contribution in [1.82, 2.24) is 5.32 Å². The van der Waals surface area contributed by atoms with E-state index in [0.29, 0.717) is 0 Å². The Morgan fingerprint density at radius 1 is 1.31 bits per heavy atom. The van der Waals surface area contributed by atoms with E-state index in [1.54, 1.807) is 0 Å². The minimum atomic E-state index is -0.388. The van der Waals surface area contributed by atoms with E-state index in [0.717, 1.165) is 12.0 Å². The first kappa shape index (κ1) is 11.6. The van der Waals surface area contributed by atoms with E-state index in [4.69, 9.17) is 0 Å². The average molecular weight is 219 g/mol. The fourth-order valence-corrected chi connectivity index (χ4v) is 2.59. The molecule has 1 aromatic carbocycles. The van der Waals surface area contributed by atoms with Gasteiger partial charge in [-0.05, 0) is 49.4 Å². The monoisotopic (exact) mass is 219 g/mol. The summed E-state index contributed by atoms with van der Waals surface area (Å²) in [5.74, 6) is 0. The van der Waals surface area contributed by atoms with Gasteiger partial charge < -0.3 is 10.4 Å². The third kappa shape index (κ3) is 2.13. The number of aliphatic hydroxyl groups is 1. The molecule has 2 heteroatoms. The Balaban J connectivity index is 2.20. The lowest BCUT2D eigenvalue weighted by molar-refractivity contribution is 0.130. The lowest BCUT2D eigenvalue weighted by Gasteiger charge is -2.21. The molecule has 0 saturated carbocycles. The van der Waals surface area contributed by atoms with Gasteiger partial charge in [-0.2, -0.15) is 0 Å². The van der Waals surface area contributed by atoms with Gasteiger partial charge in [-0.25, -0.2) is 0 Å². The summed E-state index contributed by atoms with van der Waals surface area (Å²) in [6.45, 7) is 2.09. The second-order valence-corrected chi connectivity index (χ2v) is 4.63. The molecule has 0 spiro atoms. The number of fused-ring (bicyclic) bond motifs is 1. The number of nitrogens with one attached hydrogen (secondary N) is 1. The van der Waals surface area contributed by atoms with Gasteiger partial charge >= 0.3 is 0 Å². The van der Waals surface area contributed by atoms with Crippen molar-refractivity contribution in [2.75, 3.05) is 7.05 Å². The highest BCUT2D eigenvalue weighted by Crippen LogP contribution is 2.27. The molecule has 0 amide bonds. The van der Waals surface area contributed by atoms with Gasteiger partial charge in [0.05, 0.1) is 6.10 Å². The smallest absolute Gasteiger partial charge is 0.0942 e. The zero-order valence-corrected chi connectivity index (χ0v) is 10.2. The van der Waals surface area contributed by atoms with Gasteiger partial charge in [0, 0.05) is 6.04 Å². The fourth-order valence-electron chi connectivity index (χ4n) is 2.59. The first-order chi connectivity index (χ1) is 7.76. The van der Waals surface area contributed by atoms with Crippen LogP contribution in [-0.2, 0) is 12.8 Å². The minimum absolute atomic E-state index is 0.152. The Kier molecular flexibility index (Phi) is 3.62. The van der Waals surface area contributed by atoms with Gasteiger partial charge in [-0.1, -0.05) is 25.1 Å². The molecule has 2 rings (SSSR count). The zero-order valence-electron chi connectivity index (χ0n) is 10.2. The van der Waals surface area contributed by atoms with Crippen LogP contribution in [0.2, 0.25) is 0 Å². The van der Waals surface area contributed by atoms with E-state index >= 15 is 0 Å². The number of aliphatic hydroxyl groups excluding tert-OH is 1. The van der Waals surface area contributed by atoms with E-state index in [-0.39, 0.29) is 12.1 Å². The van der Waals surface area contributed by atoms with Crippen molar-refractivity contribution in [3.63, 3.8) is 0 Å². The highest BCUT2D eigenvalue weighted by Gasteiger charge is 2.19. The van der Waals surface area contributed by atoms with Gasteiger partial charge in [0.2, 0.25) is 0 Å². The molecule has 1 aromatic rings. The van der Waals surface area contributed by atoms with E-state index in [1.807, 2.05) is 7.05 Å². The summed E-state index contributed by atoms with van der Waals surface area (Å²) >= 11 is 0. The summed E-state index contributed by atoms with van der Waals surface area (Å²) in [5, 5.41) is 13.4. The Morgan fingerprint density at radius 3 is 2.75 bits per heavy atom. The van der Waals surface area contributed by atoms with Gasteiger partial charge in [-0.3, -0.25) is 0 Å². The third-order valence-electron chi connectivity index (χ3n) is 3.66. The SMILES string of the molecule is CCC(NC)C(O)c1ccc2c(c1)CCC2. The summed E-state index contributed by atoms with van der Waals surface area (Å²) < 4.78 is 0. The maximum Gasteiger partial charge on any atom is 0.0942 e. The van der Waals surface area contributed by atoms with Crippen molar-refractivity contribution in [2.24, 2.45) is 0 Å². The summed E-state index contributed by atoms with van der Waals surface area (Å²) in [7, 11) is 1.91. The second-order valence-electron chi connectivity index (χ2n) is 4.63. The number of aryl methyl sites for hydroxylation is 2. The van der Waals surface area contributed by atoms with Crippen molar-refractivity contribution in [3.05, 3.63) is 34.9 Å². The highest BCUT2D eigenvalue weighted by atomic mass is 16.3. The van der Waals surface area contributed by atoms with Crippen molar-refractivity contribution >= 4 is 0 Å². The Bertz CT molecular complexity index is 358.